The highest BCUT2D eigenvalue weighted by atomic mass is 32.1. The van der Waals surface area contributed by atoms with E-state index >= 15 is 0 Å². The van der Waals surface area contributed by atoms with E-state index in [-0.39, 0.29) is 18.7 Å². The van der Waals surface area contributed by atoms with Gasteiger partial charge >= 0.3 is 5.97 Å². The van der Waals surface area contributed by atoms with E-state index in [1.807, 2.05) is 30.3 Å². The number of nitrogens with one attached hydrogen (secondary N) is 2. The van der Waals surface area contributed by atoms with Crippen molar-refractivity contribution in [2.75, 3.05) is 18.9 Å². The van der Waals surface area contributed by atoms with Crippen molar-refractivity contribution in [3.63, 3.8) is 0 Å². The van der Waals surface area contributed by atoms with Crippen molar-refractivity contribution in [1.29, 1.82) is 0 Å². The fraction of sp³-hybridized carbons (Fsp3) is 0.500. The summed E-state index contributed by atoms with van der Waals surface area (Å²) < 4.78 is 0. The van der Waals surface area contributed by atoms with Crippen LogP contribution in [0.25, 0.3) is 0 Å². The highest BCUT2D eigenvalue weighted by molar-refractivity contribution is 7.80. The maximum absolute atomic E-state index is 13.3. The number of amides is 3. The summed E-state index contributed by atoms with van der Waals surface area (Å²) >= 11 is 4.01. The first-order chi connectivity index (χ1) is 14.8. The molecule has 0 aromatic heterocycles. The van der Waals surface area contributed by atoms with Gasteiger partial charge in [0.1, 0.15) is 18.1 Å². The fourth-order valence-electron chi connectivity index (χ4n) is 3.37. The number of carboxylic acid groups (broad SMARTS) is 1. The molecule has 2 rings (SSSR count). The minimum absolute atomic E-state index is 0.102. The lowest BCUT2D eigenvalue weighted by atomic mass is 10.0. The van der Waals surface area contributed by atoms with Crippen LogP contribution < -0.4 is 16.4 Å². The number of carbonyl (C=O) groups excluding carboxylic acids is 3. The Kier molecular flexibility index (Phi) is 9.28. The molecule has 0 saturated carbocycles. The van der Waals surface area contributed by atoms with Gasteiger partial charge in [0.2, 0.25) is 17.7 Å². The summed E-state index contributed by atoms with van der Waals surface area (Å²) in [6, 6.07) is 4.88. The standard InChI is InChI=1S/C20H28N4O6S/c21-13(11-31)17(26)22-14(9-12-5-2-1-3-6-12)19(28)24-8-4-7-16(24)18(27)23-15(10-25)20(29)30/h1-3,5-6,13-16,25,31H,4,7-11,21H2,(H,22,26)(H,23,27)(H,29,30). The maximum Gasteiger partial charge on any atom is 0.328 e. The first kappa shape index (κ1) is 24.6. The first-order valence-electron chi connectivity index (χ1n) is 9.93. The van der Waals surface area contributed by atoms with Crippen molar-refractivity contribution < 1.29 is 29.4 Å². The van der Waals surface area contributed by atoms with Crippen molar-refractivity contribution >= 4 is 36.3 Å². The third kappa shape index (κ3) is 6.68. The van der Waals surface area contributed by atoms with Gasteiger partial charge in [0, 0.05) is 18.7 Å². The molecule has 1 aromatic rings. The van der Waals surface area contributed by atoms with Gasteiger partial charge in [-0.3, -0.25) is 14.4 Å². The molecular formula is C20H28N4O6S. The average Bonchev–Trinajstić information content (AvgIpc) is 3.26. The zero-order chi connectivity index (χ0) is 23.0. The largest absolute Gasteiger partial charge is 0.480 e. The van der Waals surface area contributed by atoms with E-state index in [0.717, 1.165) is 5.56 Å². The van der Waals surface area contributed by atoms with E-state index < -0.39 is 54.5 Å². The summed E-state index contributed by atoms with van der Waals surface area (Å²) in [4.78, 5) is 50.7. The molecule has 1 aromatic carbocycles. The van der Waals surface area contributed by atoms with Gasteiger partial charge < -0.3 is 31.5 Å². The molecule has 1 saturated heterocycles. The fourth-order valence-corrected chi connectivity index (χ4v) is 3.53. The number of carboxylic acids is 1. The van der Waals surface area contributed by atoms with E-state index in [2.05, 4.69) is 23.3 Å². The van der Waals surface area contributed by atoms with Crippen LogP contribution in [0.5, 0.6) is 0 Å². The summed E-state index contributed by atoms with van der Waals surface area (Å²) in [5.41, 5.74) is 6.54. The molecule has 31 heavy (non-hydrogen) atoms. The van der Waals surface area contributed by atoms with Crippen LogP contribution in [0.4, 0.5) is 0 Å². The lowest BCUT2D eigenvalue weighted by Gasteiger charge is -2.30. The second-order valence-corrected chi connectivity index (χ2v) is 7.68. The average molecular weight is 453 g/mol. The molecule has 1 aliphatic heterocycles. The van der Waals surface area contributed by atoms with E-state index in [1.54, 1.807) is 0 Å². The third-order valence-corrected chi connectivity index (χ3v) is 5.46. The summed E-state index contributed by atoms with van der Waals surface area (Å²) in [6.07, 6.45) is 1.09. The van der Waals surface area contributed by atoms with Crippen LogP contribution in [0.2, 0.25) is 0 Å². The van der Waals surface area contributed by atoms with Crippen molar-refractivity contribution in [3.8, 4) is 0 Å². The molecule has 4 unspecified atom stereocenters. The minimum atomic E-state index is -1.46. The number of hydrogen-bond donors (Lipinski definition) is 6. The summed E-state index contributed by atoms with van der Waals surface area (Å²) in [5, 5.41) is 23.1. The van der Waals surface area contributed by atoms with E-state index in [0.29, 0.717) is 12.8 Å². The smallest absolute Gasteiger partial charge is 0.328 e. The lowest BCUT2D eigenvalue weighted by Crippen LogP contribution is -2.57. The Balaban J connectivity index is 2.19. The first-order valence-corrected chi connectivity index (χ1v) is 10.6. The molecule has 0 bridgehead atoms. The Labute approximate surface area is 185 Å². The van der Waals surface area contributed by atoms with Gasteiger partial charge in [-0.25, -0.2) is 4.79 Å². The van der Waals surface area contributed by atoms with Gasteiger partial charge in [-0.1, -0.05) is 30.3 Å². The predicted molar refractivity (Wildman–Crippen MR) is 115 cm³/mol. The molecule has 0 radical (unpaired) electrons. The number of nitrogens with two attached hydrogens (primary N) is 1. The van der Waals surface area contributed by atoms with E-state index in [9.17, 15) is 19.2 Å². The van der Waals surface area contributed by atoms with E-state index in [1.165, 1.54) is 4.90 Å². The molecule has 1 aliphatic rings. The van der Waals surface area contributed by atoms with E-state index in [4.69, 9.17) is 15.9 Å². The number of likely N-dealkylation sites (tertiary alicyclic amines) is 1. The predicted octanol–water partition coefficient (Wildman–Crippen LogP) is -1.48. The Morgan fingerprint density at radius 3 is 2.42 bits per heavy atom. The van der Waals surface area contributed by atoms with Gasteiger partial charge in [0.25, 0.3) is 0 Å². The topological polar surface area (TPSA) is 162 Å². The second kappa shape index (κ2) is 11.7. The van der Waals surface area contributed by atoms with Crippen molar-refractivity contribution in [2.45, 2.75) is 43.4 Å². The minimum Gasteiger partial charge on any atom is -0.480 e. The van der Waals surface area contributed by atoms with Gasteiger partial charge in [-0.15, -0.1) is 0 Å². The maximum atomic E-state index is 13.3. The van der Waals surface area contributed by atoms with Gasteiger partial charge in [0.15, 0.2) is 0 Å². The molecule has 0 aliphatic carbocycles. The lowest BCUT2D eigenvalue weighted by molar-refractivity contribution is -0.145. The van der Waals surface area contributed by atoms with Crippen LogP contribution in [-0.4, -0.2) is 81.9 Å². The number of rotatable bonds is 10. The number of aliphatic hydroxyl groups excluding tert-OH is 1. The van der Waals surface area contributed by atoms with Gasteiger partial charge in [-0.05, 0) is 18.4 Å². The van der Waals surface area contributed by atoms with Crippen LogP contribution in [0.1, 0.15) is 18.4 Å². The SMILES string of the molecule is NC(CS)C(=O)NC(Cc1ccccc1)C(=O)N1CCCC1C(=O)NC(CO)C(=O)O. The monoisotopic (exact) mass is 452 g/mol. The molecule has 170 valence electrons. The van der Waals surface area contributed by atoms with Crippen molar-refractivity contribution in [2.24, 2.45) is 5.73 Å². The van der Waals surface area contributed by atoms with Crippen LogP contribution >= 0.6 is 12.6 Å². The van der Waals surface area contributed by atoms with Crippen LogP contribution in [0, 0.1) is 0 Å². The number of benzene rings is 1. The molecule has 4 atom stereocenters. The van der Waals surface area contributed by atoms with Gasteiger partial charge in [-0.2, -0.15) is 12.6 Å². The quantitative estimate of drug-likeness (QED) is 0.236. The normalized spacial score (nSPS) is 18.7. The zero-order valence-corrected chi connectivity index (χ0v) is 17.8. The molecule has 11 heteroatoms. The van der Waals surface area contributed by atoms with Crippen molar-refractivity contribution in [3.05, 3.63) is 35.9 Å². The second-order valence-electron chi connectivity index (χ2n) is 7.31. The van der Waals surface area contributed by atoms with Crippen molar-refractivity contribution in [1.82, 2.24) is 15.5 Å². The number of hydrogen-bond acceptors (Lipinski definition) is 7. The Bertz CT molecular complexity index is 793. The van der Waals surface area contributed by atoms with Gasteiger partial charge in [0.05, 0.1) is 12.6 Å². The summed E-state index contributed by atoms with van der Waals surface area (Å²) in [6.45, 7) is -0.483. The number of thiol groups is 1. The number of aliphatic hydroxyl groups is 1. The molecule has 1 fully saturated rings. The molecular weight excluding hydrogens is 424 g/mol. The number of carbonyl (C=O) groups is 4. The molecule has 1 heterocycles. The molecule has 0 spiro atoms. The van der Waals surface area contributed by atoms with Crippen LogP contribution in [-0.2, 0) is 25.6 Å². The highest BCUT2D eigenvalue weighted by Crippen LogP contribution is 2.20. The summed E-state index contributed by atoms with van der Waals surface area (Å²) in [7, 11) is 0. The van der Waals surface area contributed by atoms with Crippen LogP contribution in [0.15, 0.2) is 30.3 Å². The molecule has 10 nitrogen and oxygen atoms in total. The third-order valence-electron chi connectivity index (χ3n) is 5.07. The summed E-state index contributed by atoms with van der Waals surface area (Å²) in [5.74, 6) is -2.93. The Morgan fingerprint density at radius 1 is 1.16 bits per heavy atom. The molecule has 6 N–H and O–H groups in total. The molecule has 3 amide bonds. The van der Waals surface area contributed by atoms with Crippen LogP contribution in [0.3, 0.4) is 0 Å². The number of nitrogens with zero attached hydrogens (tertiary/aromatic N) is 1. The highest BCUT2D eigenvalue weighted by Gasteiger charge is 2.39. The Hall–Kier alpha value is -2.63. The number of aliphatic carboxylic acids is 1. The zero-order valence-electron chi connectivity index (χ0n) is 16.9. The Morgan fingerprint density at radius 2 is 1.84 bits per heavy atom.